The zero-order valence-corrected chi connectivity index (χ0v) is 10.6. The number of ether oxygens (including phenoxy) is 1. The highest BCUT2D eigenvalue weighted by atomic mass is 16.5. The zero-order valence-electron chi connectivity index (χ0n) is 10.6. The van der Waals surface area contributed by atoms with Gasteiger partial charge in [0.15, 0.2) is 0 Å². The second kappa shape index (κ2) is 4.72. The molecule has 1 unspecified atom stereocenters. The molecule has 0 aromatic heterocycles. The molecule has 3 rings (SSSR count). The molecule has 0 amide bonds. The summed E-state index contributed by atoms with van der Waals surface area (Å²) >= 11 is 0. The molecule has 0 fully saturated rings. The third kappa shape index (κ3) is 2.29. The normalized spacial score (nSPS) is 17.4. The summed E-state index contributed by atoms with van der Waals surface area (Å²) in [5.41, 5.74) is 14.9. The van der Waals surface area contributed by atoms with E-state index >= 15 is 0 Å². The fourth-order valence-corrected chi connectivity index (χ4v) is 2.36. The Morgan fingerprint density at radius 3 is 2.74 bits per heavy atom. The lowest BCUT2D eigenvalue weighted by atomic mass is 10.0. The lowest BCUT2D eigenvalue weighted by Gasteiger charge is -2.27. The Labute approximate surface area is 112 Å². The van der Waals surface area contributed by atoms with Crippen LogP contribution in [0.2, 0.25) is 0 Å². The van der Waals surface area contributed by atoms with E-state index in [1.54, 1.807) is 0 Å². The van der Waals surface area contributed by atoms with E-state index in [1.807, 2.05) is 36.4 Å². The molecule has 0 spiro atoms. The molecule has 0 bridgehead atoms. The van der Waals surface area contributed by atoms with Gasteiger partial charge in [0, 0.05) is 17.7 Å². The van der Waals surface area contributed by atoms with Crippen LogP contribution in [0.25, 0.3) is 0 Å². The highest BCUT2D eigenvalue weighted by Gasteiger charge is 2.20. The third-order valence-corrected chi connectivity index (χ3v) is 3.39. The molecule has 1 heterocycles. The molecule has 5 N–H and O–H groups in total. The first-order valence-electron chi connectivity index (χ1n) is 6.37. The van der Waals surface area contributed by atoms with Crippen LogP contribution in [-0.4, -0.2) is 6.61 Å². The molecule has 0 aliphatic carbocycles. The molecule has 0 saturated carbocycles. The lowest BCUT2D eigenvalue weighted by molar-refractivity contribution is 0.274. The number of nitrogen functional groups attached to an aromatic ring is 2. The number of fused-ring (bicyclic) bond motifs is 1. The minimum atomic E-state index is 0.243. The van der Waals surface area contributed by atoms with Crippen LogP contribution < -0.4 is 21.5 Å². The lowest BCUT2D eigenvalue weighted by Crippen LogP contribution is -2.20. The van der Waals surface area contributed by atoms with E-state index in [4.69, 9.17) is 16.2 Å². The van der Waals surface area contributed by atoms with Gasteiger partial charge in [0.25, 0.3) is 0 Å². The fourth-order valence-electron chi connectivity index (χ4n) is 2.36. The van der Waals surface area contributed by atoms with Crippen LogP contribution in [0.4, 0.5) is 17.1 Å². The summed E-state index contributed by atoms with van der Waals surface area (Å²) in [6.45, 7) is 0.721. The molecule has 98 valence electrons. The minimum Gasteiger partial charge on any atom is -0.493 e. The second-order valence-electron chi connectivity index (χ2n) is 4.72. The van der Waals surface area contributed by atoms with Crippen LogP contribution in [0.1, 0.15) is 18.0 Å². The maximum Gasteiger partial charge on any atom is 0.124 e. The number of hydrogen-bond acceptors (Lipinski definition) is 4. The van der Waals surface area contributed by atoms with Gasteiger partial charge in [-0.05, 0) is 24.3 Å². The van der Waals surface area contributed by atoms with Gasteiger partial charge in [-0.3, -0.25) is 0 Å². The summed E-state index contributed by atoms with van der Waals surface area (Å²) in [5.74, 6) is 0.953. The minimum absolute atomic E-state index is 0.243. The van der Waals surface area contributed by atoms with Gasteiger partial charge < -0.3 is 21.5 Å². The van der Waals surface area contributed by atoms with Gasteiger partial charge in [0.2, 0.25) is 0 Å². The zero-order chi connectivity index (χ0) is 13.2. The number of nitrogens with two attached hydrogens (primary N) is 2. The first kappa shape index (κ1) is 11.7. The molecule has 2 aromatic rings. The Kier molecular flexibility index (Phi) is 2.91. The first-order chi connectivity index (χ1) is 9.24. The van der Waals surface area contributed by atoms with Crippen molar-refractivity contribution in [1.29, 1.82) is 0 Å². The van der Waals surface area contributed by atoms with E-state index in [9.17, 15) is 0 Å². The molecule has 0 saturated heterocycles. The fraction of sp³-hybridized carbons (Fsp3) is 0.200. The van der Waals surface area contributed by atoms with Crippen molar-refractivity contribution < 1.29 is 4.74 Å². The van der Waals surface area contributed by atoms with E-state index in [0.29, 0.717) is 11.4 Å². The molecule has 4 heteroatoms. The summed E-state index contributed by atoms with van der Waals surface area (Å²) in [6.07, 6.45) is 0.932. The Bertz CT molecular complexity index is 598. The van der Waals surface area contributed by atoms with Crippen LogP contribution in [0.3, 0.4) is 0 Å². The maximum atomic E-state index is 5.83. The quantitative estimate of drug-likeness (QED) is 0.721. The molecule has 19 heavy (non-hydrogen) atoms. The van der Waals surface area contributed by atoms with Crippen molar-refractivity contribution in [3.63, 3.8) is 0 Å². The van der Waals surface area contributed by atoms with Crippen molar-refractivity contribution in [2.24, 2.45) is 0 Å². The van der Waals surface area contributed by atoms with Gasteiger partial charge in [0.1, 0.15) is 5.75 Å². The summed E-state index contributed by atoms with van der Waals surface area (Å²) < 4.78 is 5.65. The summed E-state index contributed by atoms with van der Waals surface area (Å²) in [4.78, 5) is 0. The van der Waals surface area contributed by atoms with Crippen LogP contribution in [-0.2, 0) is 0 Å². The number of benzene rings is 2. The molecule has 1 aliphatic heterocycles. The number of anilines is 3. The molecule has 1 atom stereocenters. The van der Waals surface area contributed by atoms with Gasteiger partial charge in [-0.25, -0.2) is 0 Å². The van der Waals surface area contributed by atoms with E-state index in [2.05, 4.69) is 11.4 Å². The van der Waals surface area contributed by atoms with Crippen LogP contribution in [0.15, 0.2) is 42.5 Å². The highest BCUT2D eigenvalue weighted by molar-refractivity contribution is 5.69. The van der Waals surface area contributed by atoms with E-state index in [1.165, 1.54) is 5.56 Å². The summed E-state index contributed by atoms with van der Waals surface area (Å²) in [6, 6.07) is 14.0. The Morgan fingerprint density at radius 2 is 1.89 bits per heavy atom. The maximum absolute atomic E-state index is 5.83. The Balaban J connectivity index is 1.86. The summed E-state index contributed by atoms with van der Waals surface area (Å²) in [5, 5.41) is 3.49. The highest BCUT2D eigenvalue weighted by Crippen LogP contribution is 2.34. The largest absolute Gasteiger partial charge is 0.493 e. The van der Waals surface area contributed by atoms with Gasteiger partial charge in [-0.15, -0.1) is 0 Å². The molecular formula is C15H17N3O. The topological polar surface area (TPSA) is 73.3 Å². The number of rotatable bonds is 2. The van der Waals surface area contributed by atoms with E-state index in [-0.39, 0.29) is 6.04 Å². The van der Waals surface area contributed by atoms with Crippen LogP contribution >= 0.6 is 0 Å². The van der Waals surface area contributed by atoms with Crippen LogP contribution in [0.5, 0.6) is 5.75 Å². The van der Waals surface area contributed by atoms with Gasteiger partial charge in [-0.2, -0.15) is 0 Å². The molecule has 0 radical (unpaired) electrons. The summed E-state index contributed by atoms with van der Waals surface area (Å²) in [7, 11) is 0. The average Bonchev–Trinajstić information content (AvgIpc) is 2.43. The standard InChI is InChI=1S/C15H17N3O/c16-12-6-5-10(9-13(12)17)18-14-7-8-19-15-4-2-1-3-11(14)15/h1-6,9,14,18H,7-8,16-17H2. The van der Waals surface area contributed by atoms with Crippen molar-refractivity contribution in [1.82, 2.24) is 0 Å². The van der Waals surface area contributed by atoms with E-state index < -0.39 is 0 Å². The van der Waals surface area contributed by atoms with Gasteiger partial charge >= 0.3 is 0 Å². The third-order valence-electron chi connectivity index (χ3n) is 3.39. The first-order valence-corrected chi connectivity index (χ1v) is 6.37. The predicted octanol–water partition coefficient (Wildman–Crippen LogP) is 2.79. The van der Waals surface area contributed by atoms with Crippen LogP contribution in [0, 0.1) is 0 Å². The van der Waals surface area contributed by atoms with E-state index in [0.717, 1.165) is 24.5 Å². The monoisotopic (exact) mass is 255 g/mol. The van der Waals surface area contributed by atoms with Crippen molar-refractivity contribution in [3.05, 3.63) is 48.0 Å². The van der Waals surface area contributed by atoms with Crippen molar-refractivity contribution in [2.75, 3.05) is 23.4 Å². The van der Waals surface area contributed by atoms with Gasteiger partial charge in [0.05, 0.1) is 24.0 Å². The molecule has 2 aromatic carbocycles. The Hall–Kier alpha value is -2.36. The predicted molar refractivity (Wildman–Crippen MR) is 78.2 cm³/mol. The van der Waals surface area contributed by atoms with Crippen molar-refractivity contribution in [2.45, 2.75) is 12.5 Å². The van der Waals surface area contributed by atoms with Crippen molar-refractivity contribution in [3.8, 4) is 5.75 Å². The smallest absolute Gasteiger partial charge is 0.124 e. The average molecular weight is 255 g/mol. The molecular weight excluding hydrogens is 238 g/mol. The molecule has 4 nitrogen and oxygen atoms in total. The molecule has 1 aliphatic rings. The number of hydrogen-bond donors (Lipinski definition) is 3. The SMILES string of the molecule is Nc1ccc(NC2CCOc3ccccc32)cc1N. The Morgan fingerprint density at radius 1 is 1.05 bits per heavy atom. The van der Waals surface area contributed by atoms with Crippen molar-refractivity contribution >= 4 is 17.1 Å². The number of para-hydroxylation sites is 1. The number of nitrogens with one attached hydrogen (secondary N) is 1. The second-order valence-corrected chi connectivity index (χ2v) is 4.72. The van der Waals surface area contributed by atoms with Gasteiger partial charge in [-0.1, -0.05) is 18.2 Å².